The molecular formula is C24H22N4O4. The molecule has 0 saturated heterocycles. The van der Waals surface area contributed by atoms with E-state index in [1.807, 2.05) is 49.4 Å². The molecule has 32 heavy (non-hydrogen) atoms. The van der Waals surface area contributed by atoms with Gasteiger partial charge in [0.1, 0.15) is 5.82 Å². The normalized spacial score (nSPS) is 13.4. The Labute approximate surface area is 183 Å². The largest absolute Gasteiger partial charge is 0.457 e. The SMILES string of the molecule is Cc1ccc(-c2nc(COC(=O)CCc3nc4ccccc4c(=O)n3C3CC3)no2)cc1. The van der Waals surface area contributed by atoms with Crippen molar-refractivity contribution in [2.45, 2.75) is 45.3 Å². The molecule has 0 spiro atoms. The fourth-order valence-electron chi connectivity index (χ4n) is 3.63. The van der Waals surface area contributed by atoms with Crippen molar-refractivity contribution < 1.29 is 14.1 Å². The van der Waals surface area contributed by atoms with Crippen LogP contribution >= 0.6 is 0 Å². The molecule has 1 fully saturated rings. The zero-order valence-electron chi connectivity index (χ0n) is 17.7. The molecule has 8 heteroatoms. The van der Waals surface area contributed by atoms with E-state index >= 15 is 0 Å². The summed E-state index contributed by atoms with van der Waals surface area (Å²) in [7, 11) is 0. The summed E-state index contributed by atoms with van der Waals surface area (Å²) >= 11 is 0. The number of hydrogen-bond acceptors (Lipinski definition) is 7. The third-order valence-electron chi connectivity index (χ3n) is 5.47. The van der Waals surface area contributed by atoms with Gasteiger partial charge in [0.05, 0.1) is 17.3 Å². The van der Waals surface area contributed by atoms with Crippen molar-refractivity contribution >= 4 is 16.9 Å². The van der Waals surface area contributed by atoms with E-state index in [9.17, 15) is 9.59 Å². The molecule has 2 aromatic carbocycles. The van der Waals surface area contributed by atoms with Gasteiger partial charge in [0.15, 0.2) is 6.61 Å². The lowest BCUT2D eigenvalue weighted by Gasteiger charge is -2.12. The number of aryl methyl sites for hydroxylation is 2. The fourth-order valence-corrected chi connectivity index (χ4v) is 3.63. The highest BCUT2D eigenvalue weighted by molar-refractivity contribution is 5.77. The van der Waals surface area contributed by atoms with Crippen molar-refractivity contribution in [3.8, 4) is 11.5 Å². The van der Waals surface area contributed by atoms with Crippen molar-refractivity contribution in [2.24, 2.45) is 0 Å². The van der Waals surface area contributed by atoms with Crippen molar-refractivity contribution in [3.63, 3.8) is 0 Å². The number of aromatic nitrogens is 4. The second kappa shape index (κ2) is 8.37. The average Bonchev–Trinajstić information content (AvgIpc) is 3.53. The predicted molar refractivity (Wildman–Crippen MR) is 117 cm³/mol. The lowest BCUT2D eigenvalue weighted by atomic mass is 10.1. The number of nitrogens with zero attached hydrogens (tertiary/aromatic N) is 4. The Morgan fingerprint density at radius 3 is 2.69 bits per heavy atom. The summed E-state index contributed by atoms with van der Waals surface area (Å²) in [5, 5.41) is 4.48. The number of fused-ring (bicyclic) bond motifs is 1. The maximum absolute atomic E-state index is 12.9. The van der Waals surface area contributed by atoms with Crippen LogP contribution in [0.3, 0.4) is 0 Å². The molecule has 8 nitrogen and oxygen atoms in total. The zero-order valence-corrected chi connectivity index (χ0v) is 17.7. The first-order valence-corrected chi connectivity index (χ1v) is 10.6. The molecule has 4 aromatic rings. The molecule has 1 aliphatic rings. The number of carbonyl (C=O) groups is 1. The molecule has 162 valence electrons. The molecule has 1 aliphatic carbocycles. The minimum absolute atomic E-state index is 0.0445. The number of ether oxygens (including phenoxy) is 1. The summed E-state index contributed by atoms with van der Waals surface area (Å²) in [5.41, 5.74) is 2.54. The molecule has 5 rings (SSSR count). The highest BCUT2D eigenvalue weighted by Crippen LogP contribution is 2.35. The smallest absolute Gasteiger partial charge is 0.306 e. The first-order chi connectivity index (χ1) is 15.6. The van der Waals surface area contributed by atoms with E-state index in [0.29, 0.717) is 34.9 Å². The quantitative estimate of drug-likeness (QED) is 0.412. The Bertz CT molecular complexity index is 1340. The van der Waals surface area contributed by atoms with Gasteiger partial charge in [-0.3, -0.25) is 14.2 Å². The molecule has 0 N–H and O–H groups in total. The van der Waals surface area contributed by atoms with Crippen LogP contribution in [0.25, 0.3) is 22.4 Å². The van der Waals surface area contributed by atoms with Gasteiger partial charge in [-0.05, 0) is 44.0 Å². The number of carbonyl (C=O) groups excluding carboxylic acids is 1. The highest BCUT2D eigenvalue weighted by Gasteiger charge is 2.28. The number of rotatable bonds is 7. The van der Waals surface area contributed by atoms with Crippen LogP contribution in [0.15, 0.2) is 57.8 Å². The Hall–Kier alpha value is -3.81. The van der Waals surface area contributed by atoms with Crippen molar-refractivity contribution in [2.75, 3.05) is 0 Å². The minimum Gasteiger partial charge on any atom is -0.457 e. The van der Waals surface area contributed by atoms with Gasteiger partial charge < -0.3 is 9.26 Å². The van der Waals surface area contributed by atoms with E-state index in [2.05, 4.69) is 15.1 Å². The lowest BCUT2D eigenvalue weighted by molar-refractivity contribution is -0.145. The highest BCUT2D eigenvalue weighted by atomic mass is 16.5. The van der Waals surface area contributed by atoms with Crippen LogP contribution in [0.4, 0.5) is 0 Å². The number of esters is 1. The minimum atomic E-state index is -0.406. The molecule has 0 atom stereocenters. The van der Waals surface area contributed by atoms with Crippen LogP contribution in [0.2, 0.25) is 0 Å². The van der Waals surface area contributed by atoms with Gasteiger partial charge in [-0.1, -0.05) is 35.0 Å². The third-order valence-corrected chi connectivity index (χ3v) is 5.47. The fraction of sp³-hybridized carbons (Fsp3) is 0.292. The number of hydrogen-bond donors (Lipinski definition) is 0. The van der Waals surface area contributed by atoms with Gasteiger partial charge >= 0.3 is 5.97 Å². The summed E-state index contributed by atoms with van der Waals surface area (Å²) in [6.07, 6.45) is 2.35. The maximum Gasteiger partial charge on any atom is 0.306 e. The Balaban J connectivity index is 1.23. The van der Waals surface area contributed by atoms with Gasteiger partial charge in [-0.2, -0.15) is 4.98 Å². The van der Waals surface area contributed by atoms with Crippen molar-refractivity contribution in [3.05, 3.63) is 76.1 Å². The third kappa shape index (κ3) is 4.16. The molecule has 2 heterocycles. The first-order valence-electron chi connectivity index (χ1n) is 10.6. The summed E-state index contributed by atoms with van der Waals surface area (Å²) in [6, 6.07) is 15.2. The Morgan fingerprint density at radius 1 is 1.12 bits per heavy atom. The van der Waals surface area contributed by atoms with E-state index in [4.69, 9.17) is 9.26 Å². The van der Waals surface area contributed by atoms with Crippen LogP contribution in [-0.2, 0) is 22.6 Å². The van der Waals surface area contributed by atoms with Crippen LogP contribution in [0.5, 0.6) is 0 Å². The van der Waals surface area contributed by atoms with Crippen molar-refractivity contribution in [1.29, 1.82) is 0 Å². The summed E-state index contributed by atoms with van der Waals surface area (Å²) in [6.45, 7) is 1.93. The van der Waals surface area contributed by atoms with Crippen LogP contribution in [0.1, 0.15) is 42.5 Å². The standard InChI is InChI=1S/C24H22N4O4/c1-15-6-8-16(9-7-15)23-26-20(27-32-23)14-31-22(29)13-12-21-25-19-5-3-2-4-18(19)24(30)28(21)17-10-11-17/h2-9,17H,10-14H2,1H3. The second-order valence-electron chi connectivity index (χ2n) is 7.99. The molecular weight excluding hydrogens is 408 g/mol. The maximum atomic E-state index is 12.9. The first kappa shape index (κ1) is 20.1. The van der Waals surface area contributed by atoms with Crippen LogP contribution < -0.4 is 5.56 Å². The summed E-state index contributed by atoms with van der Waals surface area (Å²) in [4.78, 5) is 34.2. The van der Waals surface area contributed by atoms with Crippen LogP contribution in [-0.4, -0.2) is 25.7 Å². The summed E-state index contributed by atoms with van der Waals surface area (Å²) < 4.78 is 12.3. The average molecular weight is 430 g/mol. The van der Waals surface area contributed by atoms with E-state index < -0.39 is 5.97 Å². The van der Waals surface area contributed by atoms with Gasteiger partial charge in [-0.25, -0.2) is 4.98 Å². The van der Waals surface area contributed by atoms with E-state index in [1.165, 1.54) is 0 Å². The number of para-hydroxylation sites is 1. The Kier molecular flexibility index (Phi) is 5.26. The van der Waals surface area contributed by atoms with Crippen molar-refractivity contribution in [1.82, 2.24) is 19.7 Å². The zero-order chi connectivity index (χ0) is 22.1. The van der Waals surface area contributed by atoms with Gasteiger partial charge in [0.2, 0.25) is 5.82 Å². The molecule has 0 unspecified atom stereocenters. The van der Waals surface area contributed by atoms with E-state index in [1.54, 1.807) is 10.6 Å². The van der Waals surface area contributed by atoms with Crippen LogP contribution in [0, 0.1) is 6.92 Å². The van der Waals surface area contributed by atoms with E-state index in [0.717, 1.165) is 24.0 Å². The molecule has 1 saturated carbocycles. The molecule has 0 amide bonds. The Morgan fingerprint density at radius 2 is 1.91 bits per heavy atom. The van der Waals surface area contributed by atoms with E-state index in [-0.39, 0.29) is 24.6 Å². The summed E-state index contributed by atoms with van der Waals surface area (Å²) in [5.74, 6) is 0.892. The molecule has 0 radical (unpaired) electrons. The molecule has 0 aliphatic heterocycles. The van der Waals surface area contributed by atoms with Gasteiger partial charge in [0, 0.05) is 18.0 Å². The second-order valence-corrected chi connectivity index (χ2v) is 7.99. The monoisotopic (exact) mass is 430 g/mol. The molecule has 0 bridgehead atoms. The topological polar surface area (TPSA) is 100 Å². The van der Waals surface area contributed by atoms with Gasteiger partial charge in [0.25, 0.3) is 11.4 Å². The van der Waals surface area contributed by atoms with Gasteiger partial charge in [-0.15, -0.1) is 0 Å². The lowest BCUT2D eigenvalue weighted by Crippen LogP contribution is -2.25. The molecule has 2 aromatic heterocycles. The number of benzene rings is 2. The predicted octanol–water partition coefficient (Wildman–Crippen LogP) is 3.77.